The van der Waals surface area contributed by atoms with Crippen LogP contribution in [-0.2, 0) is 7.05 Å². The van der Waals surface area contributed by atoms with Crippen molar-refractivity contribution in [3.63, 3.8) is 0 Å². The van der Waals surface area contributed by atoms with Crippen molar-refractivity contribution in [3.05, 3.63) is 12.4 Å². The van der Waals surface area contributed by atoms with Crippen LogP contribution in [0.5, 0.6) is 0 Å². The third kappa shape index (κ3) is 2.87. The SMILES string of the molecule is CN(NCC(F)F)Nc1cnc2cnn(C)c2n1. The minimum Gasteiger partial charge on any atom is -0.288 e. The van der Waals surface area contributed by atoms with E-state index in [4.69, 9.17) is 0 Å². The van der Waals surface area contributed by atoms with Gasteiger partial charge in [0.15, 0.2) is 11.5 Å². The van der Waals surface area contributed by atoms with Gasteiger partial charge in [0.1, 0.15) is 5.52 Å². The Bertz CT molecular complexity index is 527. The van der Waals surface area contributed by atoms with Crippen LogP contribution < -0.4 is 10.9 Å². The second kappa shape index (κ2) is 5.19. The van der Waals surface area contributed by atoms with Crippen molar-refractivity contribution in [1.29, 1.82) is 0 Å². The second-order valence-corrected chi connectivity index (χ2v) is 3.66. The number of nitrogens with zero attached hydrogens (tertiary/aromatic N) is 5. The minimum atomic E-state index is -2.42. The molecule has 7 nitrogen and oxygen atoms in total. The standard InChI is InChI=1S/C9H13F2N7/c1-17-9-6(3-13-17)12-5-8(15-9)16-18(2)14-4-7(10)11/h3,5,7,14H,4H2,1-2H3,(H,15,16). The number of alkyl halides is 2. The van der Waals surface area contributed by atoms with Crippen LogP contribution in [0.1, 0.15) is 0 Å². The number of hydrogen-bond acceptors (Lipinski definition) is 6. The molecule has 0 aliphatic heterocycles. The van der Waals surface area contributed by atoms with Gasteiger partial charge in [-0.25, -0.2) is 28.9 Å². The van der Waals surface area contributed by atoms with E-state index >= 15 is 0 Å². The summed E-state index contributed by atoms with van der Waals surface area (Å²) in [6.07, 6.45) is 0.690. The highest BCUT2D eigenvalue weighted by Gasteiger charge is 2.07. The summed E-state index contributed by atoms with van der Waals surface area (Å²) < 4.78 is 25.6. The highest BCUT2D eigenvalue weighted by atomic mass is 19.3. The molecule has 0 aromatic carbocycles. The van der Waals surface area contributed by atoms with Crippen molar-refractivity contribution in [1.82, 2.24) is 30.3 Å². The maximum Gasteiger partial charge on any atom is 0.252 e. The summed E-state index contributed by atoms with van der Waals surface area (Å²) in [5.41, 5.74) is 6.54. The van der Waals surface area contributed by atoms with Gasteiger partial charge in [-0.1, -0.05) is 0 Å². The molecule has 9 heteroatoms. The molecular weight excluding hydrogens is 244 g/mol. The molecule has 0 radical (unpaired) electrons. The fourth-order valence-corrected chi connectivity index (χ4v) is 1.38. The van der Waals surface area contributed by atoms with E-state index in [0.717, 1.165) is 0 Å². The second-order valence-electron chi connectivity index (χ2n) is 3.66. The third-order valence-corrected chi connectivity index (χ3v) is 2.21. The van der Waals surface area contributed by atoms with E-state index < -0.39 is 13.0 Å². The fraction of sp³-hybridized carbons (Fsp3) is 0.444. The molecule has 0 aliphatic rings. The monoisotopic (exact) mass is 257 g/mol. The quantitative estimate of drug-likeness (QED) is 0.755. The summed E-state index contributed by atoms with van der Waals surface area (Å²) >= 11 is 0. The molecule has 0 unspecified atom stereocenters. The van der Waals surface area contributed by atoms with Crippen molar-refractivity contribution in [3.8, 4) is 0 Å². The first-order valence-corrected chi connectivity index (χ1v) is 5.23. The molecule has 0 atom stereocenters. The van der Waals surface area contributed by atoms with Gasteiger partial charge in [-0.2, -0.15) is 10.2 Å². The van der Waals surface area contributed by atoms with Crippen molar-refractivity contribution in [2.45, 2.75) is 6.43 Å². The van der Waals surface area contributed by atoms with Crippen LogP contribution in [0, 0.1) is 0 Å². The average molecular weight is 257 g/mol. The lowest BCUT2D eigenvalue weighted by Crippen LogP contribution is -2.41. The van der Waals surface area contributed by atoms with E-state index in [0.29, 0.717) is 17.0 Å². The molecule has 2 rings (SSSR count). The van der Waals surface area contributed by atoms with Crippen LogP contribution in [0.2, 0.25) is 0 Å². The van der Waals surface area contributed by atoms with Crippen LogP contribution in [0.4, 0.5) is 14.6 Å². The first kappa shape index (κ1) is 12.6. The highest BCUT2D eigenvalue weighted by molar-refractivity contribution is 5.70. The van der Waals surface area contributed by atoms with Gasteiger partial charge < -0.3 is 0 Å². The molecule has 18 heavy (non-hydrogen) atoms. The minimum absolute atomic E-state index is 0.440. The summed E-state index contributed by atoms with van der Waals surface area (Å²) in [7, 11) is 3.32. The molecule has 2 aromatic heterocycles. The lowest BCUT2D eigenvalue weighted by atomic mass is 10.5. The van der Waals surface area contributed by atoms with Gasteiger partial charge in [0.2, 0.25) is 0 Å². The molecule has 0 bridgehead atoms. The number of hydrazine groups is 2. The number of halogens is 2. The maximum absolute atomic E-state index is 12.0. The van der Waals surface area contributed by atoms with Gasteiger partial charge >= 0.3 is 0 Å². The Balaban J connectivity index is 2.04. The van der Waals surface area contributed by atoms with Gasteiger partial charge in [-0.15, -0.1) is 0 Å². The average Bonchev–Trinajstić information content (AvgIpc) is 2.69. The van der Waals surface area contributed by atoms with Crippen molar-refractivity contribution in [2.24, 2.45) is 7.05 Å². The van der Waals surface area contributed by atoms with Crippen molar-refractivity contribution in [2.75, 3.05) is 19.0 Å². The number of aryl methyl sites for hydroxylation is 1. The Kier molecular flexibility index (Phi) is 3.63. The largest absolute Gasteiger partial charge is 0.288 e. The number of aromatic nitrogens is 4. The maximum atomic E-state index is 12.0. The zero-order valence-electron chi connectivity index (χ0n) is 9.93. The molecule has 0 amide bonds. The number of hydrogen-bond donors (Lipinski definition) is 2. The molecule has 0 saturated heterocycles. The van der Waals surface area contributed by atoms with Crippen LogP contribution in [0.15, 0.2) is 12.4 Å². The molecule has 0 saturated carbocycles. The Morgan fingerprint density at radius 1 is 1.44 bits per heavy atom. The molecule has 2 N–H and O–H groups in total. The molecule has 0 spiro atoms. The van der Waals surface area contributed by atoms with Crippen molar-refractivity contribution >= 4 is 17.0 Å². The van der Waals surface area contributed by atoms with Crippen LogP contribution in [0.3, 0.4) is 0 Å². The van der Waals surface area contributed by atoms with E-state index in [1.165, 1.54) is 11.3 Å². The summed E-state index contributed by atoms with van der Waals surface area (Å²) in [6.45, 7) is -0.440. The predicted octanol–water partition coefficient (Wildman–Crippen LogP) is 0.392. The summed E-state index contributed by atoms with van der Waals surface area (Å²) in [6, 6.07) is 0. The number of nitrogens with one attached hydrogen (secondary N) is 2. The van der Waals surface area contributed by atoms with Crippen LogP contribution in [-0.4, -0.2) is 44.9 Å². The summed E-state index contributed by atoms with van der Waals surface area (Å²) in [5.74, 6) is 0.440. The Morgan fingerprint density at radius 2 is 2.22 bits per heavy atom. The highest BCUT2D eigenvalue weighted by Crippen LogP contribution is 2.10. The summed E-state index contributed by atoms with van der Waals surface area (Å²) in [4.78, 5) is 8.40. The van der Waals surface area contributed by atoms with E-state index in [2.05, 4.69) is 25.9 Å². The van der Waals surface area contributed by atoms with Gasteiger partial charge in [-0.3, -0.25) is 5.43 Å². The topological polar surface area (TPSA) is 70.9 Å². The van der Waals surface area contributed by atoms with Crippen LogP contribution in [0.25, 0.3) is 11.2 Å². The molecular formula is C9H13F2N7. The van der Waals surface area contributed by atoms with Gasteiger partial charge in [0, 0.05) is 14.1 Å². The van der Waals surface area contributed by atoms with Crippen molar-refractivity contribution < 1.29 is 8.78 Å². The Labute approximate surface area is 102 Å². The zero-order valence-corrected chi connectivity index (χ0v) is 9.93. The van der Waals surface area contributed by atoms with Gasteiger partial charge in [0.05, 0.1) is 18.9 Å². The Morgan fingerprint density at radius 3 is 2.94 bits per heavy atom. The fourth-order valence-electron chi connectivity index (χ4n) is 1.38. The predicted molar refractivity (Wildman–Crippen MR) is 61.7 cm³/mol. The third-order valence-electron chi connectivity index (χ3n) is 2.21. The van der Waals surface area contributed by atoms with E-state index in [1.54, 1.807) is 25.0 Å². The molecule has 0 aliphatic carbocycles. The summed E-state index contributed by atoms with van der Waals surface area (Å²) in [5, 5.41) is 5.31. The first-order chi connectivity index (χ1) is 8.56. The van der Waals surface area contributed by atoms with E-state index in [9.17, 15) is 8.78 Å². The first-order valence-electron chi connectivity index (χ1n) is 5.23. The van der Waals surface area contributed by atoms with Gasteiger partial charge in [0.25, 0.3) is 6.43 Å². The smallest absolute Gasteiger partial charge is 0.252 e. The number of fused-ring (bicyclic) bond motifs is 1. The molecule has 98 valence electrons. The van der Waals surface area contributed by atoms with E-state index in [-0.39, 0.29) is 0 Å². The normalized spacial score (nSPS) is 11.7. The Hall–Kier alpha value is -1.87. The molecule has 0 fully saturated rings. The number of anilines is 1. The lowest BCUT2D eigenvalue weighted by molar-refractivity contribution is 0.115. The van der Waals surface area contributed by atoms with Gasteiger partial charge in [-0.05, 0) is 0 Å². The van der Waals surface area contributed by atoms with E-state index in [1.807, 2.05) is 0 Å². The molecule has 2 heterocycles. The lowest BCUT2D eigenvalue weighted by Gasteiger charge is -2.19. The molecule has 2 aromatic rings. The zero-order chi connectivity index (χ0) is 13.1. The van der Waals surface area contributed by atoms with Crippen LogP contribution >= 0.6 is 0 Å². The number of rotatable bonds is 5.